The summed E-state index contributed by atoms with van der Waals surface area (Å²) in [5.41, 5.74) is 3.65. The number of hydrazone groups is 1. The second-order valence-corrected chi connectivity index (χ2v) is 6.61. The predicted octanol–water partition coefficient (Wildman–Crippen LogP) is 3.27. The normalized spacial score (nSPS) is 11.0. The second kappa shape index (κ2) is 7.37. The van der Waals surface area contributed by atoms with Gasteiger partial charge in [0.15, 0.2) is 5.69 Å². The summed E-state index contributed by atoms with van der Waals surface area (Å²) in [6, 6.07) is 9.91. The summed E-state index contributed by atoms with van der Waals surface area (Å²) in [4.78, 5) is 13.0. The molecule has 0 radical (unpaired) electrons. The summed E-state index contributed by atoms with van der Waals surface area (Å²) in [7, 11) is 1.52. The quantitative estimate of drug-likeness (QED) is 0.470. The third-order valence-electron chi connectivity index (χ3n) is 3.25. The Labute approximate surface area is 151 Å². The Bertz CT molecular complexity index is 935. The predicted molar refractivity (Wildman–Crippen MR) is 96.6 cm³/mol. The van der Waals surface area contributed by atoms with E-state index in [9.17, 15) is 9.90 Å². The molecule has 25 heavy (non-hydrogen) atoms. The lowest BCUT2D eigenvalue weighted by Gasteiger charge is -2.02. The van der Waals surface area contributed by atoms with E-state index < -0.39 is 5.91 Å². The van der Waals surface area contributed by atoms with Gasteiger partial charge in [-0.3, -0.25) is 9.89 Å². The van der Waals surface area contributed by atoms with E-state index in [1.807, 2.05) is 6.07 Å². The molecule has 3 N–H and O–H groups in total. The number of rotatable bonds is 5. The first-order valence-electron chi connectivity index (χ1n) is 7.08. The zero-order valence-corrected chi connectivity index (χ0v) is 14.6. The lowest BCUT2D eigenvalue weighted by atomic mass is 10.2. The third-order valence-corrected chi connectivity index (χ3v) is 4.52. The minimum atomic E-state index is -0.483. The van der Waals surface area contributed by atoms with Gasteiger partial charge >= 0.3 is 0 Å². The minimum absolute atomic E-state index is 0.0235. The topological polar surface area (TPSA) is 99.6 Å². The number of aromatic amines is 1. The highest BCUT2D eigenvalue weighted by Gasteiger charge is 2.12. The number of hydrogen-bond acceptors (Lipinski definition) is 6. The highest BCUT2D eigenvalue weighted by atomic mass is 35.5. The fourth-order valence-electron chi connectivity index (χ4n) is 2.00. The van der Waals surface area contributed by atoms with Gasteiger partial charge in [0.05, 0.1) is 28.2 Å². The van der Waals surface area contributed by atoms with Crippen LogP contribution in [0.4, 0.5) is 0 Å². The molecule has 0 unspecified atom stereocenters. The molecule has 0 saturated heterocycles. The van der Waals surface area contributed by atoms with Crippen molar-refractivity contribution in [2.24, 2.45) is 5.10 Å². The van der Waals surface area contributed by atoms with Crippen molar-refractivity contribution < 1.29 is 14.6 Å². The van der Waals surface area contributed by atoms with E-state index in [-0.39, 0.29) is 11.4 Å². The molecule has 1 aromatic carbocycles. The van der Waals surface area contributed by atoms with Crippen molar-refractivity contribution >= 4 is 35.1 Å². The maximum Gasteiger partial charge on any atom is 0.291 e. The molecule has 3 rings (SSSR count). The van der Waals surface area contributed by atoms with Crippen LogP contribution in [0.3, 0.4) is 0 Å². The minimum Gasteiger partial charge on any atom is -0.507 e. The molecule has 1 amide bonds. The van der Waals surface area contributed by atoms with Crippen molar-refractivity contribution in [2.75, 3.05) is 7.11 Å². The highest BCUT2D eigenvalue weighted by Crippen LogP contribution is 2.29. The van der Waals surface area contributed by atoms with E-state index in [1.165, 1.54) is 30.7 Å². The third kappa shape index (κ3) is 3.98. The molecule has 0 aliphatic carbocycles. The van der Waals surface area contributed by atoms with Crippen molar-refractivity contribution in [3.63, 3.8) is 0 Å². The number of nitrogens with zero attached hydrogens (tertiary/aromatic N) is 2. The van der Waals surface area contributed by atoms with Gasteiger partial charge in [-0.2, -0.15) is 10.2 Å². The number of aromatic hydroxyl groups is 1. The Kier molecular flexibility index (Phi) is 5.01. The summed E-state index contributed by atoms with van der Waals surface area (Å²) in [5.74, 6) is 0.108. The average molecular weight is 377 g/mol. The van der Waals surface area contributed by atoms with E-state index in [1.54, 1.807) is 24.3 Å². The van der Waals surface area contributed by atoms with Crippen LogP contribution in [0.1, 0.15) is 16.1 Å². The molecule has 0 fully saturated rings. The molecular weight excluding hydrogens is 364 g/mol. The van der Waals surface area contributed by atoms with Crippen molar-refractivity contribution in [2.45, 2.75) is 0 Å². The number of amides is 1. The summed E-state index contributed by atoms with van der Waals surface area (Å²) in [6.45, 7) is 0. The molecule has 0 aliphatic rings. The van der Waals surface area contributed by atoms with Gasteiger partial charge in [0.25, 0.3) is 5.91 Å². The number of aromatic nitrogens is 2. The van der Waals surface area contributed by atoms with Crippen molar-refractivity contribution in [3.8, 4) is 22.1 Å². The number of thiophene rings is 1. The number of nitrogens with one attached hydrogen (secondary N) is 2. The standard InChI is InChI=1S/C16H13ClN4O3S/c1-24-10-2-3-13(22)9(6-10)8-18-21-16(23)12-7-11(19-20-12)14-4-5-15(17)25-14/h2-8,22H,1H3,(H,19,20)(H,21,23). The van der Waals surface area contributed by atoms with Gasteiger partial charge < -0.3 is 9.84 Å². The lowest BCUT2D eigenvalue weighted by Crippen LogP contribution is -2.18. The van der Waals surface area contributed by atoms with Gasteiger partial charge in [-0.05, 0) is 36.4 Å². The Morgan fingerprint density at radius 2 is 2.24 bits per heavy atom. The number of ether oxygens (including phenoxy) is 1. The zero-order valence-electron chi connectivity index (χ0n) is 13.0. The number of benzene rings is 1. The van der Waals surface area contributed by atoms with Crippen molar-refractivity contribution in [3.05, 3.63) is 52.0 Å². The molecule has 0 saturated carbocycles. The maximum absolute atomic E-state index is 12.1. The highest BCUT2D eigenvalue weighted by molar-refractivity contribution is 7.19. The fraction of sp³-hybridized carbons (Fsp3) is 0.0625. The average Bonchev–Trinajstić information content (AvgIpc) is 3.25. The lowest BCUT2D eigenvalue weighted by molar-refractivity contribution is 0.0950. The molecule has 3 aromatic rings. The monoisotopic (exact) mass is 376 g/mol. The maximum atomic E-state index is 12.1. The SMILES string of the molecule is COc1ccc(O)c(C=NNC(=O)c2cc(-c3ccc(Cl)s3)[nH]n2)c1. The Hall–Kier alpha value is -2.84. The molecule has 0 aliphatic heterocycles. The number of carbonyl (C=O) groups is 1. The number of phenols is 1. The van der Waals surface area contributed by atoms with Gasteiger partial charge in [0, 0.05) is 5.56 Å². The number of phenolic OH excluding ortho intramolecular Hbond substituents is 1. The van der Waals surface area contributed by atoms with Crippen LogP contribution < -0.4 is 10.2 Å². The van der Waals surface area contributed by atoms with Crippen LogP contribution in [0, 0.1) is 0 Å². The van der Waals surface area contributed by atoms with Crippen LogP contribution in [0.25, 0.3) is 10.6 Å². The Balaban J connectivity index is 1.68. The first-order valence-corrected chi connectivity index (χ1v) is 8.28. The first-order chi connectivity index (χ1) is 12.1. The van der Waals surface area contributed by atoms with E-state index in [2.05, 4.69) is 20.7 Å². The molecule has 0 atom stereocenters. The summed E-state index contributed by atoms with van der Waals surface area (Å²) < 4.78 is 5.72. The molecular formula is C16H13ClN4O3S. The zero-order chi connectivity index (χ0) is 17.8. The van der Waals surface area contributed by atoms with Gasteiger partial charge in [0.1, 0.15) is 11.5 Å². The summed E-state index contributed by atoms with van der Waals surface area (Å²) in [6.07, 6.45) is 1.32. The van der Waals surface area contributed by atoms with E-state index in [0.29, 0.717) is 21.3 Å². The number of carbonyl (C=O) groups excluding carboxylic acids is 1. The van der Waals surface area contributed by atoms with Gasteiger partial charge in [0.2, 0.25) is 0 Å². The summed E-state index contributed by atoms with van der Waals surface area (Å²) >= 11 is 7.28. The number of hydrogen-bond donors (Lipinski definition) is 3. The fourth-order valence-corrected chi connectivity index (χ4v) is 3.01. The van der Waals surface area contributed by atoms with Crippen LogP contribution in [0.5, 0.6) is 11.5 Å². The van der Waals surface area contributed by atoms with Crippen molar-refractivity contribution in [1.82, 2.24) is 15.6 Å². The largest absolute Gasteiger partial charge is 0.507 e. The van der Waals surface area contributed by atoms with E-state index in [4.69, 9.17) is 16.3 Å². The molecule has 128 valence electrons. The second-order valence-electron chi connectivity index (χ2n) is 4.89. The Morgan fingerprint density at radius 1 is 1.40 bits per heavy atom. The van der Waals surface area contributed by atoms with E-state index >= 15 is 0 Å². The van der Waals surface area contributed by atoms with Crippen LogP contribution >= 0.6 is 22.9 Å². The number of H-pyrrole nitrogens is 1. The molecule has 0 bridgehead atoms. The van der Waals surface area contributed by atoms with Crippen LogP contribution in [0.2, 0.25) is 4.34 Å². The number of methoxy groups -OCH3 is 1. The van der Waals surface area contributed by atoms with Gasteiger partial charge in [-0.1, -0.05) is 11.6 Å². The number of halogens is 1. The van der Waals surface area contributed by atoms with Crippen LogP contribution in [-0.2, 0) is 0 Å². The van der Waals surface area contributed by atoms with Crippen LogP contribution in [-0.4, -0.2) is 34.5 Å². The Morgan fingerprint density at radius 3 is 2.96 bits per heavy atom. The van der Waals surface area contributed by atoms with E-state index in [0.717, 1.165) is 4.88 Å². The molecule has 7 nitrogen and oxygen atoms in total. The smallest absolute Gasteiger partial charge is 0.291 e. The molecule has 0 spiro atoms. The molecule has 9 heteroatoms. The molecule has 2 aromatic heterocycles. The van der Waals surface area contributed by atoms with Gasteiger partial charge in [-0.15, -0.1) is 11.3 Å². The first kappa shape index (κ1) is 17.0. The van der Waals surface area contributed by atoms with Crippen molar-refractivity contribution in [1.29, 1.82) is 0 Å². The van der Waals surface area contributed by atoms with Gasteiger partial charge in [-0.25, -0.2) is 5.43 Å². The molecule has 2 heterocycles. The van der Waals surface area contributed by atoms with Crippen LogP contribution in [0.15, 0.2) is 41.5 Å². The summed E-state index contributed by atoms with van der Waals surface area (Å²) in [5, 5.41) is 20.3.